The first-order valence-corrected chi connectivity index (χ1v) is 10.00. The van der Waals surface area contributed by atoms with Crippen LogP contribution in [0.1, 0.15) is 21.5 Å². The molecule has 0 bridgehead atoms. The molecule has 0 spiro atoms. The molecule has 0 saturated heterocycles. The second-order valence-electron chi connectivity index (χ2n) is 7.19. The number of fused-ring (bicyclic) bond motifs is 1. The summed E-state index contributed by atoms with van der Waals surface area (Å²) in [5.74, 6) is 0.0885. The van der Waals surface area contributed by atoms with Crippen LogP contribution < -0.4 is 10.6 Å². The molecule has 4 rings (SSSR count). The van der Waals surface area contributed by atoms with Gasteiger partial charge in [-0.2, -0.15) is 13.2 Å². The van der Waals surface area contributed by atoms with Gasteiger partial charge >= 0.3 is 6.18 Å². The first kappa shape index (κ1) is 21.6. The monoisotopic (exact) mass is 455 g/mol. The molecular weight excluding hydrogens is 439 g/mol. The van der Waals surface area contributed by atoms with Gasteiger partial charge in [-0.25, -0.2) is 4.98 Å². The quantitative estimate of drug-likeness (QED) is 0.342. The van der Waals surface area contributed by atoms with E-state index >= 15 is 0 Å². The third-order valence-electron chi connectivity index (χ3n) is 4.85. The molecule has 32 heavy (non-hydrogen) atoms. The van der Waals surface area contributed by atoms with Gasteiger partial charge in [0, 0.05) is 16.8 Å². The van der Waals surface area contributed by atoms with Crippen LogP contribution in [0, 0.1) is 6.92 Å². The van der Waals surface area contributed by atoms with Gasteiger partial charge < -0.3 is 10.6 Å². The number of benzene rings is 3. The third-order valence-corrected chi connectivity index (χ3v) is 5.18. The number of rotatable bonds is 4. The lowest BCUT2D eigenvalue weighted by molar-refractivity contribution is -0.137. The number of carbonyl (C=O) groups is 1. The number of alkyl halides is 3. The van der Waals surface area contributed by atoms with Crippen molar-refractivity contribution in [3.05, 3.63) is 94.5 Å². The highest BCUT2D eigenvalue weighted by Crippen LogP contribution is 2.32. The van der Waals surface area contributed by atoms with E-state index in [0.29, 0.717) is 27.6 Å². The van der Waals surface area contributed by atoms with Crippen LogP contribution in [-0.4, -0.2) is 10.9 Å². The fourth-order valence-corrected chi connectivity index (χ4v) is 3.52. The van der Waals surface area contributed by atoms with Gasteiger partial charge in [-0.05, 0) is 67.1 Å². The van der Waals surface area contributed by atoms with Gasteiger partial charge in [0.2, 0.25) is 0 Å². The van der Waals surface area contributed by atoms with Gasteiger partial charge in [-0.3, -0.25) is 4.79 Å². The zero-order valence-corrected chi connectivity index (χ0v) is 17.6. The highest BCUT2D eigenvalue weighted by atomic mass is 35.5. The van der Waals surface area contributed by atoms with Crippen molar-refractivity contribution in [3.63, 3.8) is 0 Å². The highest BCUT2D eigenvalue weighted by Gasteiger charge is 2.30. The van der Waals surface area contributed by atoms with Gasteiger partial charge in [-0.15, -0.1) is 0 Å². The predicted molar refractivity (Wildman–Crippen MR) is 121 cm³/mol. The van der Waals surface area contributed by atoms with Crippen LogP contribution in [0.3, 0.4) is 0 Å². The zero-order chi connectivity index (χ0) is 22.9. The third kappa shape index (κ3) is 4.68. The van der Waals surface area contributed by atoms with Crippen molar-refractivity contribution in [3.8, 4) is 0 Å². The maximum absolute atomic E-state index is 13.0. The Morgan fingerprint density at radius 1 is 0.938 bits per heavy atom. The summed E-state index contributed by atoms with van der Waals surface area (Å²) < 4.78 is 38.9. The molecule has 1 aromatic heterocycles. The maximum atomic E-state index is 13.0. The molecule has 3 aromatic carbocycles. The number of nitrogens with one attached hydrogen (secondary N) is 2. The Balaban J connectivity index is 1.59. The minimum Gasteiger partial charge on any atom is -0.340 e. The predicted octanol–water partition coefficient (Wildman–Crippen LogP) is 7.21. The summed E-state index contributed by atoms with van der Waals surface area (Å²) in [6, 6.07) is 18.7. The van der Waals surface area contributed by atoms with E-state index in [0.717, 1.165) is 23.1 Å². The SMILES string of the molecule is Cc1cc(Nc2cccc(C(F)(F)F)c2)nc2ccc(NC(=O)c3ccccc3Cl)cc12. The highest BCUT2D eigenvalue weighted by molar-refractivity contribution is 6.34. The first-order valence-electron chi connectivity index (χ1n) is 9.62. The van der Waals surface area contributed by atoms with Crippen molar-refractivity contribution in [2.75, 3.05) is 10.6 Å². The number of halogens is 4. The van der Waals surface area contributed by atoms with Crippen LogP contribution in [-0.2, 0) is 6.18 Å². The summed E-state index contributed by atoms with van der Waals surface area (Å²) in [4.78, 5) is 17.0. The molecule has 0 aliphatic heterocycles. The van der Waals surface area contributed by atoms with Gasteiger partial charge in [0.25, 0.3) is 5.91 Å². The normalized spacial score (nSPS) is 11.4. The fraction of sp³-hybridized carbons (Fsp3) is 0.0833. The molecule has 2 N–H and O–H groups in total. The maximum Gasteiger partial charge on any atom is 0.416 e. The molecule has 162 valence electrons. The van der Waals surface area contributed by atoms with Gasteiger partial charge in [0.05, 0.1) is 21.7 Å². The summed E-state index contributed by atoms with van der Waals surface area (Å²) in [5, 5.41) is 6.91. The molecule has 0 fully saturated rings. The largest absolute Gasteiger partial charge is 0.416 e. The summed E-state index contributed by atoms with van der Waals surface area (Å²) >= 11 is 6.08. The second-order valence-corrected chi connectivity index (χ2v) is 7.60. The molecule has 1 amide bonds. The van der Waals surface area contributed by atoms with E-state index < -0.39 is 11.7 Å². The van der Waals surface area contributed by atoms with Crippen molar-refractivity contribution in [2.24, 2.45) is 0 Å². The summed E-state index contributed by atoms with van der Waals surface area (Å²) in [6.07, 6.45) is -4.42. The van der Waals surface area contributed by atoms with Crippen molar-refractivity contribution < 1.29 is 18.0 Å². The summed E-state index contributed by atoms with van der Waals surface area (Å²) in [5.41, 5.74) is 1.97. The Kier molecular flexibility index (Phi) is 5.76. The van der Waals surface area contributed by atoms with Crippen LogP contribution in [0.5, 0.6) is 0 Å². The molecule has 0 atom stereocenters. The van der Waals surface area contributed by atoms with Crippen LogP contribution in [0.15, 0.2) is 72.8 Å². The molecule has 0 saturated carbocycles. The van der Waals surface area contributed by atoms with Crippen LogP contribution in [0.4, 0.5) is 30.4 Å². The molecule has 4 aromatic rings. The second kappa shape index (κ2) is 8.51. The summed E-state index contributed by atoms with van der Waals surface area (Å²) in [6.45, 7) is 1.86. The smallest absolute Gasteiger partial charge is 0.340 e. The number of aryl methyl sites for hydroxylation is 1. The van der Waals surface area contributed by atoms with E-state index in [4.69, 9.17) is 11.6 Å². The van der Waals surface area contributed by atoms with E-state index in [2.05, 4.69) is 15.6 Å². The molecule has 0 unspecified atom stereocenters. The van der Waals surface area contributed by atoms with E-state index in [9.17, 15) is 18.0 Å². The first-order chi connectivity index (χ1) is 15.2. The molecule has 0 radical (unpaired) electrons. The molecule has 1 heterocycles. The van der Waals surface area contributed by atoms with E-state index in [1.54, 1.807) is 54.6 Å². The molecular formula is C24H17ClF3N3O. The van der Waals surface area contributed by atoms with E-state index in [-0.39, 0.29) is 11.6 Å². The zero-order valence-electron chi connectivity index (χ0n) is 16.8. The Hall–Kier alpha value is -3.58. The Morgan fingerprint density at radius 3 is 2.47 bits per heavy atom. The standard InChI is InChI=1S/C24H17ClF3N3O/c1-14-11-22(29-16-6-4-5-15(12-16)24(26,27)28)31-21-10-9-17(13-19(14)21)30-23(32)18-7-2-3-8-20(18)25/h2-13H,1H3,(H,29,31)(H,30,32). The lowest BCUT2D eigenvalue weighted by Crippen LogP contribution is -2.12. The Labute approximate surface area is 187 Å². The average Bonchev–Trinajstić information content (AvgIpc) is 2.74. The molecule has 0 aliphatic carbocycles. The Bertz CT molecular complexity index is 1320. The van der Waals surface area contributed by atoms with Crippen LogP contribution in [0.25, 0.3) is 10.9 Å². The Morgan fingerprint density at radius 2 is 1.72 bits per heavy atom. The average molecular weight is 456 g/mol. The fourth-order valence-electron chi connectivity index (χ4n) is 3.30. The van der Waals surface area contributed by atoms with Gasteiger partial charge in [0.15, 0.2) is 0 Å². The van der Waals surface area contributed by atoms with E-state index in [1.165, 1.54) is 6.07 Å². The number of aromatic nitrogens is 1. The number of anilines is 3. The minimum absolute atomic E-state index is 0.287. The number of nitrogens with zero attached hydrogens (tertiary/aromatic N) is 1. The number of hydrogen-bond donors (Lipinski definition) is 2. The minimum atomic E-state index is -4.42. The van der Waals surface area contributed by atoms with Crippen molar-refractivity contribution in [2.45, 2.75) is 13.1 Å². The lowest BCUT2D eigenvalue weighted by atomic mass is 10.1. The van der Waals surface area contributed by atoms with Crippen molar-refractivity contribution in [1.82, 2.24) is 4.98 Å². The van der Waals surface area contributed by atoms with Crippen molar-refractivity contribution in [1.29, 1.82) is 0 Å². The number of amides is 1. The number of carbonyl (C=O) groups excluding carboxylic acids is 1. The molecule has 0 aliphatic rings. The van der Waals surface area contributed by atoms with Crippen molar-refractivity contribution >= 4 is 45.6 Å². The topological polar surface area (TPSA) is 54.0 Å². The number of hydrogen-bond acceptors (Lipinski definition) is 3. The molecule has 8 heteroatoms. The van der Waals surface area contributed by atoms with E-state index in [1.807, 2.05) is 6.92 Å². The van der Waals surface area contributed by atoms with Gasteiger partial charge in [-0.1, -0.05) is 29.8 Å². The van der Waals surface area contributed by atoms with Gasteiger partial charge in [0.1, 0.15) is 5.82 Å². The lowest BCUT2D eigenvalue weighted by Gasteiger charge is -2.13. The molecule has 4 nitrogen and oxygen atoms in total. The number of pyridine rings is 1. The summed E-state index contributed by atoms with van der Waals surface area (Å²) in [7, 11) is 0. The van der Waals surface area contributed by atoms with Crippen LogP contribution in [0.2, 0.25) is 5.02 Å². The van der Waals surface area contributed by atoms with Crippen LogP contribution >= 0.6 is 11.6 Å².